The van der Waals surface area contributed by atoms with Gasteiger partial charge in [0.2, 0.25) is 0 Å². The van der Waals surface area contributed by atoms with Crippen LogP contribution in [0.2, 0.25) is 0 Å². The van der Waals surface area contributed by atoms with Gasteiger partial charge in [0.05, 0.1) is 7.11 Å². The summed E-state index contributed by atoms with van der Waals surface area (Å²) in [5.41, 5.74) is 1.93. The van der Waals surface area contributed by atoms with Crippen LogP contribution >= 0.6 is 0 Å². The largest absolute Gasteiger partial charge is 0.497 e. The van der Waals surface area contributed by atoms with Crippen LogP contribution in [-0.2, 0) is 0 Å². The minimum absolute atomic E-state index is 0.684. The standard InChI is InChI=1S/C19H21NO2/c1-20(2)14-15-22-19-12-8-17(9-13-19)5-4-16-6-10-18(21-3)11-7-16/h6-13H,14-15H2,1-3H3. The average Bonchev–Trinajstić information content (AvgIpc) is 2.54. The van der Waals surface area contributed by atoms with E-state index in [1.54, 1.807) is 7.11 Å². The second kappa shape index (κ2) is 8.11. The zero-order valence-corrected chi connectivity index (χ0v) is 13.3. The second-order valence-electron chi connectivity index (χ2n) is 5.15. The first-order valence-electron chi connectivity index (χ1n) is 7.21. The predicted molar refractivity (Wildman–Crippen MR) is 89.5 cm³/mol. The third-order valence-corrected chi connectivity index (χ3v) is 3.10. The van der Waals surface area contributed by atoms with Crippen molar-refractivity contribution in [1.82, 2.24) is 4.90 Å². The molecule has 0 fully saturated rings. The fourth-order valence-corrected chi connectivity index (χ4v) is 1.80. The van der Waals surface area contributed by atoms with E-state index in [0.29, 0.717) is 6.61 Å². The Morgan fingerprint density at radius 1 is 0.818 bits per heavy atom. The fraction of sp³-hybridized carbons (Fsp3) is 0.263. The lowest BCUT2D eigenvalue weighted by Gasteiger charge is -2.10. The molecule has 0 N–H and O–H groups in total. The van der Waals surface area contributed by atoms with Gasteiger partial charge in [0.15, 0.2) is 0 Å². The van der Waals surface area contributed by atoms with Crippen LogP contribution in [0.15, 0.2) is 48.5 Å². The molecule has 0 radical (unpaired) electrons. The minimum Gasteiger partial charge on any atom is -0.497 e. The Labute approximate surface area is 132 Å². The van der Waals surface area contributed by atoms with E-state index in [1.807, 2.05) is 62.6 Å². The summed E-state index contributed by atoms with van der Waals surface area (Å²) in [4.78, 5) is 2.09. The summed E-state index contributed by atoms with van der Waals surface area (Å²) < 4.78 is 10.8. The van der Waals surface area contributed by atoms with Gasteiger partial charge in [-0.15, -0.1) is 0 Å². The van der Waals surface area contributed by atoms with Gasteiger partial charge in [-0.3, -0.25) is 0 Å². The van der Waals surface area contributed by atoms with Crippen molar-refractivity contribution in [3.05, 3.63) is 59.7 Å². The number of hydrogen-bond donors (Lipinski definition) is 0. The Kier molecular flexibility index (Phi) is 5.88. The molecule has 114 valence electrons. The molecule has 0 aliphatic heterocycles. The predicted octanol–water partition coefficient (Wildman–Crippen LogP) is 3.04. The maximum Gasteiger partial charge on any atom is 0.119 e. The van der Waals surface area contributed by atoms with E-state index in [2.05, 4.69) is 16.7 Å². The number of ether oxygens (including phenoxy) is 2. The lowest BCUT2D eigenvalue weighted by atomic mass is 10.2. The SMILES string of the molecule is COc1ccc(C#Cc2ccc(OCCN(C)C)cc2)cc1. The molecule has 0 aromatic heterocycles. The van der Waals surface area contributed by atoms with Crippen molar-refractivity contribution < 1.29 is 9.47 Å². The lowest BCUT2D eigenvalue weighted by Crippen LogP contribution is -2.19. The Hall–Kier alpha value is -2.44. The zero-order chi connectivity index (χ0) is 15.8. The van der Waals surface area contributed by atoms with Gasteiger partial charge in [0, 0.05) is 17.7 Å². The smallest absolute Gasteiger partial charge is 0.119 e. The first-order chi connectivity index (χ1) is 10.7. The van der Waals surface area contributed by atoms with Gasteiger partial charge >= 0.3 is 0 Å². The van der Waals surface area contributed by atoms with Crippen LogP contribution < -0.4 is 9.47 Å². The highest BCUT2D eigenvalue weighted by Gasteiger charge is 1.95. The van der Waals surface area contributed by atoms with Crippen molar-refractivity contribution >= 4 is 0 Å². The number of nitrogens with zero attached hydrogens (tertiary/aromatic N) is 1. The quantitative estimate of drug-likeness (QED) is 0.791. The topological polar surface area (TPSA) is 21.7 Å². The molecule has 0 aliphatic rings. The summed E-state index contributed by atoms with van der Waals surface area (Å²) in [6.45, 7) is 1.59. The molecule has 0 bridgehead atoms. The highest BCUT2D eigenvalue weighted by molar-refractivity contribution is 5.45. The lowest BCUT2D eigenvalue weighted by molar-refractivity contribution is 0.261. The van der Waals surface area contributed by atoms with Gasteiger partial charge in [-0.1, -0.05) is 11.8 Å². The van der Waals surface area contributed by atoms with Crippen molar-refractivity contribution in [1.29, 1.82) is 0 Å². The van der Waals surface area contributed by atoms with Crippen LogP contribution in [0, 0.1) is 11.8 Å². The van der Waals surface area contributed by atoms with E-state index in [-0.39, 0.29) is 0 Å². The summed E-state index contributed by atoms with van der Waals surface area (Å²) in [5, 5.41) is 0. The second-order valence-corrected chi connectivity index (χ2v) is 5.15. The van der Waals surface area contributed by atoms with Crippen LogP contribution in [0.1, 0.15) is 11.1 Å². The number of methoxy groups -OCH3 is 1. The molecule has 2 aromatic carbocycles. The van der Waals surface area contributed by atoms with E-state index in [1.165, 1.54) is 0 Å². The molecule has 0 aliphatic carbocycles. The molecular formula is C19H21NO2. The number of rotatable bonds is 5. The molecule has 0 atom stereocenters. The summed E-state index contributed by atoms with van der Waals surface area (Å²) in [7, 11) is 5.71. The van der Waals surface area contributed by atoms with Crippen LogP contribution in [0.25, 0.3) is 0 Å². The normalized spacial score (nSPS) is 10.0. The average molecular weight is 295 g/mol. The third-order valence-electron chi connectivity index (χ3n) is 3.10. The number of hydrogen-bond acceptors (Lipinski definition) is 3. The number of benzene rings is 2. The summed E-state index contributed by atoms with van der Waals surface area (Å²) in [6, 6.07) is 15.6. The van der Waals surface area contributed by atoms with Gasteiger partial charge in [-0.05, 0) is 62.6 Å². The van der Waals surface area contributed by atoms with Gasteiger partial charge in [0.1, 0.15) is 18.1 Å². The molecule has 22 heavy (non-hydrogen) atoms. The highest BCUT2D eigenvalue weighted by Crippen LogP contribution is 2.13. The fourth-order valence-electron chi connectivity index (χ4n) is 1.80. The first-order valence-corrected chi connectivity index (χ1v) is 7.21. The monoisotopic (exact) mass is 295 g/mol. The van der Waals surface area contributed by atoms with Crippen molar-refractivity contribution in [3.63, 3.8) is 0 Å². The summed E-state index contributed by atoms with van der Waals surface area (Å²) in [5.74, 6) is 7.99. The van der Waals surface area contributed by atoms with E-state index < -0.39 is 0 Å². The van der Waals surface area contributed by atoms with Crippen molar-refractivity contribution in [2.45, 2.75) is 0 Å². The molecule has 0 amide bonds. The van der Waals surface area contributed by atoms with E-state index in [9.17, 15) is 0 Å². The molecule has 0 heterocycles. The Morgan fingerprint density at radius 2 is 1.32 bits per heavy atom. The molecule has 0 unspecified atom stereocenters. The van der Waals surface area contributed by atoms with Gasteiger partial charge in [-0.2, -0.15) is 0 Å². The maximum atomic E-state index is 5.66. The van der Waals surface area contributed by atoms with Crippen molar-refractivity contribution in [3.8, 4) is 23.3 Å². The van der Waals surface area contributed by atoms with Crippen LogP contribution in [0.3, 0.4) is 0 Å². The van der Waals surface area contributed by atoms with Gasteiger partial charge in [0.25, 0.3) is 0 Å². The van der Waals surface area contributed by atoms with Crippen molar-refractivity contribution in [2.24, 2.45) is 0 Å². The molecular weight excluding hydrogens is 274 g/mol. The van der Waals surface area contributed by atoms with Crippen LogP contribution in [0.5, 0.6) is 11.5 Å². The van der Waals surface area contributed by atoms with Crippen molar-refractivity contribution in [2.75, 3.05) is 34.4 Å². The van der Waals surface area contributed by atoms with E-state index >= 15 is 0 Å². The maximum absolute atomic E-state index is 5.66. The molecule has 0 saturated heterocycles. The molecule has 0 saturated carbocycles. The van der Waals surface area contributed by atoms with Crippen LogP contribution in [0.4, 0.5) is 0 Å². The van der Waals surface area contributed by atoms with Gasteiger partial charge < -0.3 is 14.4 Å². The first kappa shape index (κ1) is 15.9. The van der Waals surface area contributed by atoms with E-state index in [4.69, 9.17) is 9.47 Å². The Morgan fingerprint density at radius 3 is 1.77 bits per heavy atom. The Bertz CT molecular complexity index is 634. The van der Waals surface area contributed by atoms with Gasteiger partial charge in [-0.25, -0.2) is 0 Å². The minimum atomic E-state index is 0.684. The molecule has 2 aromatic rings. The zero-order valence-electron chi connectivity index (χ0n) is 13.3. The summed E-state index contributed by atoms with van der Waals surface area (Å²) >= 11 is 0. The van der Waals surface area contributed by atoms with E-state index in [0.717, 1.165) is 29.2 Å². The summed E-state index contributed by atoms with van der Waals surface area (Å²) in [6.07, 6.45) is 0. The molecule has 2 rings (SSSR count). The highest BCUT2D eigenvalue weighted by atomic mass is 16.5. The molecule has 0 spiro atoms. The molecule has 3 heteroatoms. The molecule has 3 nitrogen and oxygen atoms in total. The Balaban J connectivity index is 1.94. The number of likely N-dealkylation sites (N-methyl/N-ethyl adjacent to an activating group) is 1. The van der Waals surface area contributed by atoms with Crippen LogP contribution in [-0.4, -0.2) is 39.3 Å². The third kappa shape index (κ3) is 5.16.